The summed E-state index contributed by atoms with van der Waals surface area (Å²) < 4.78 is 67.1. The highest BCUT2D eigenvalue weighted by molar-refractivity contribution is 7.94. The van der Waals surface area contributed by atoms with Crippen LogP contribution in [-0.2, 0) is 27.2 Å². The highest BCUT2D eigenvalue weighted by Gasteiger charge is 2.35. The van der Waals surface area contributed by atoms with E-state index in [1.807, 2.05) is 0 Å². The van der Waals surface area contributed by atoms with E-state index in [2.05, 4.69) is 4.98 Å². The average Bonchev–Trinajstić information content (AvgIpc) is 3.20. The van der Waals surface area contributed by atoms with Crippen LogP contribution in [0.2, 0.25) is 4.34 Å². The van der Waals surface area contributed by atoms with Crippen LogP contribution in [0.1, 0.15) is 16.7 Å². The summed E-state index contributed by atoms with van der Waals surface area (Å²) in [5.74, 6) is -1.76. The number of alkyl halides is 3. The maximum absolute atomic E-state index is 14.0. The molecule has 2 heterocycles. The van der Waals surface area contributed by atoms with Crippen LogP contribution in [0.3, 0.4) is 0 Å². The van der Waals surface area contributed by atoms with Crippen molar-refractivity contribution in [3.63, 3.8) is 0 Å². The number of hydrogen-bond acceptors (Lipinski definition) is 6. The first-order valence-electron chi connectivity index (χ1n) is 10.2. The van der Waals surface area contributed by atoms with E-state index in [1.54, 1.807) is 13.0 Å². The van der Waals surface area contributed by atoms with Crippen LogP contribution in [0.15, 0.2) is 62.3 Å². The molecule has 0 atom stereocenters. The van der Waals surface area contributed by atoms with Crippen molar-refractivity contribution in [3.8, 4) is 5.69 Å². The second kappa shape index (κ2) is 9.34. The molecular formula is C23H16ClF3N2O5S2. The molecule has 0 aliphatic carbocycles. The number of halogens is 4. The summed E-state index contributed by atoms with van der Waals surface area (Å²) in [5, 5.41) is 0.0199. The van der Waals surface area contributed by atoms with Gasteiger partial charge in [0, 0.05) is 6.42 Å². The summed E-state index contributed by atoms with van der Waals surface area (Å²) in [6, 6.07) is 9.80. The Balaban J connectivity index is 1.73. The summed E-state index contributed by atoms with van der Waals surface area (Å²) in [5.41, 5.74) is -3.24. The van der Waals surface area contributed by atoms with E-state index >= 15 is 0 Å². The Bertz CT molecular complexity index is 1740. The molecule has 0 amide bonds. The normalized spacial score (nSPS) is 12.2. The van der Waals surface area contributed by atoms with Crippen molar-refractivity contribution in [2.24, 2.45) is 0 Å². The summed E-state index contributed by atoms with van der Waals surface area (Å²) in [6.07, 6.45) is -5.59. The first kappa shape index (κ1) is 25.9. The molecule has 0 aliphatic rings. The van der Waals surface area contributed by atoms with Gasteiger partial charge in [-0.3, -0.25) is 9.59 Å². The van der Waals surface area contributed by atoms with Crippen molar-refractivity contribution in [2.75, 3.05) is 5.75 Å². The van der Waals surface area contributed by atoms with Gasteiger partial charge in [-0.05, 0) is 54.4 Å². The number of ketones is 1. The highest BCUT2D eigenvalue weighted by atomic mass is 35.5. The van der Waals surface area contributed by atoms with E-state index in [4.69, 9.17) is 11.6 Å². The van der Waals surface area contributed by atoms with Gasteiger partial charge >= 0.3 is 11.9 Å². The van der Waals surface area contributed by atoms with Crippen molar-refractivity contribution < 1.29 is 26.4 Å². The van der Waals surface area contributed by atoms with Gasteiger partial charge in [0.15, 0.2) is 15.6 Å². The third-order valence-electron chi connectivity index (χ3n) is 5.27. The average molecular weight is 557 g/mol. The van der Waals surface area contributed by atoms with Crippen LogP contribution >= 0.6 is 22.9 Å². The van der Waals surface area contributed by atoms with E-state index in [9.17, 15) is 36.0 Å². The molecule has 36 heavy (non-hydrogen) atoms. The van der Waals surface area contributed by atoms with Gasteiger partial charge < -0.3 is 4.98 Å². The fraction of sp³-hybridized carbons (Fsp3) is 0.174. The van der Waals surface area contributed by atoms with Crippen LogP contribution in [0, 0.1) is 6.92 Å². The summed E-state index contributed by atoms with van der Waals surface area (Å²) >= 11 is 6.50. The smallest absolute Gasteiger partial charge is 0.306 e. The van der Waals surface area contributed by atoms with Crippen LogP contribution in [0.4, 0.5) is 13.2 Å². The number of Topliss-reactive ketones (excluding diaryl/α,β-unsaturated/α-hetero) is 1. The number of carbonyl (C=O) groups is 1. The van der Waals surface area contributed by atoms with Gasteiger partial charge in [-0.1, -0.05) is 23.7 Å². The molecule has 0 bridgehead atoms. The predicted molar refractivity (Wildman–Crippen MR) is 130 cm³/mol. The SMILES string of the molecule is Cc1ccc2c(=O)n(-c3ccc(CC(=O)CS(=O)(=O)c4ccc(Cl)s4)cc3C(F)(F)F)c(=O)[nH]c2c1. The zero-order valence-corrected chi connectivity index (χ0v) is 20.7. The molecule has 1 N–H and O–H groups in total. The quantitative estimate of drug-likeness (QED) is 0.381. The van der Waals surface area contributed by atoms with Gasteiger partial charge in [0.1, 0.15) is 9.96 Å². The molecule has 4 aromatic rings. The maximum Gasteiger partial charge on any atom is 0.418 e. The minimum absolute atomic E-state index is 0.0199. The Hall–Kier alpha value is -3.22. The lowest BCUT2D eigenvalue weighted by Crippen LogP contribution is -2.35. The molecule has 0 saturated heterocycles. The fourth-order valence-corrected chi connectivity index (χ4v) is 6.50. The third kappa shape index (κ3) is 5.15. The predicted octanol–water partition coefficient (Wildman–Crippen LogP) is 4.31. The minimum atomic E-state index is -4.98. The highest BCUT2D eigenvalue weighted by Crippen LogP contribution is 2.34. The zero-order valence-electron chi connectivity index (χ0n) is 18.3. The standard InChI is InChI=1S/C23H16ClF3N2O5S2/c1-12-2-4-15-17(8-12)28-22(32)29(21(15)31)18-5-3-13(10-16(18)23(25,26)27)9-14(30)11-36(33,34)20-7-6-19(24)35-20/h2-8,10H,9,11H2,1H3,(H,28,32). The molecule has 188 valence electrons. The number of aromatic nitrogens is 2. The number of aromatic amines is 1. The Morgan fingerprint density at radius 3 is 2.44 bits per heavy atom. The lowest BCUT2D eigenvalue weighted by Gasteiger charge is -2.16. The van der Waals surface area contributed by atoms with Crippen molar-refractivity contribution in [1.82, 2.24) is 9.55 Å². The number of hydrogen-bond donors (Lipinski definition) is 1. The van der Waals surface area contributed by atoms with Crippen LogP contribution in [0.25, 0.3) is 16.6 Å². The molecule has 2 aromatic carbocycles. The summed E-state index contributed by atoms with van der Waals surface area (Å²) in [7, 11) is -4.01. The van der Waals surface area contributed by atoms with Gasteiger partial charge in [0.25, 0.3) is 5.56 Å². The van der Waals surface area contributed by atoms with Gasteiger partial charge in [0.05, 0.1) is 26.5 Å². The van der Waals surface area contributed by atoms with Crippen molar-refractivity contribution >= 4 is 49.5 Å². The molecule has 0 fully saturated rings. The first-order valence-corrected chi connectivity index (χ1v) is 13.1. The van der Waals surface area contributed by atoms with Gasteiger partial charge in [-0.15, -0.1) is 11.3 Å². The zero-order chi connectivity index (χ0) is 26.4. The number of rotatable bonds is 6. The first-order chi connectivity index (χ1) is 16.8. The molecule has 7 nitrogen and oxygen atoms in total. The monoisotopic (exact) mass is 556 g/mol. The largest absolute Gasteiger partial charge is 0.418 e. The summed E-state index contributed by atoms with van der Waals surface area (Å²) in [6.45, 7) is 1.73. The topological polar surface area (TPSA) is 106 Å². The molecule has 2 aromatic heterocycles. The second-order valence-corrected chi connectivity index (χ2v) is 11.9. The third-order valence-corrected chi connectivity index (χ3v) is 8.76. The Morgan fingerprint density at radius 1 is 1.08 bits per heavy atom. The van der Waals surface area contributed by atoms with E-state index in [-0.39, 0.29) is 25.0 Å². The number of thiophene rings is 1. The molecule has 0 unspecified atom stereocenters. The maximum atomic E-state index is 14.0. The second-order valence-electron chi connectivity index (χ2n) is 8.00. The Labute approximate surface area is 210 Å². The van der Waals surface area contributed by atoms with Crippen molar-refractivity contribution in [2.45, 2.75) is 23.7 Å². The molecule has 0 spiro atoms. The van der Waals surface area contributed by atoms with E-state index in [1.165, 1.54) is 24.3 Å². The number of benzene rings is 2. The van der Waals surface area contributed by atoms with Crippen molar-refractivity contribution in [3.05, 3.63) is 90.4 Å². The van der Waals surface area contributed by atoms with E-state index in [0.717, 1.165) is 29.0 Å². The van der Waals surface area contributed by atoms with Gasteiger partial charge in [0.2, 0.25) is 0 Å². The van der Waals surface area contributed by atoms with Gasteiger partial charge in [-0.2, -0.15) is 13.2 Å². The number of carbonyl (C=O) groups excluding carboxylic acids is 1. The van der Waals surface area contributed by atoms with Crippen LogP contribution in [-0.4, -0.2) is 29.5 Å². The van der Waals surface area contributed by atoms with Crippen LogP contribution < -0.4 is 11.2 Å². The fourth-order valence-electron chi connectivity index (χ4n) is 3.69. The molecule has 0 radical (unpaired) electrons. The summed E-state index contributed by atoms with van der Waals surface area (Å²) in [4.78, 5) is 40.4. The molecule has 13 heteroatoms. The number of aryl methyl sites for hydroxylation is 1. The van der Waals surface area contributed by atoms with Crippen LogP contribution in [0.5, 0.6) is 0 Å². The lowest BCUT2D eigenvalue weighted by molar-refractivity contribution is -0.137. The number of nitrogens with one attached hydrogen (secondary N) is 1. The molecule has 0 saturated carbocycles. The molecule has 0 aliphatic heterocycles. The number of H-pyrrole nitrogens is 1. The van der Waals surface area contributed by atoms with Crippen molar-refractivity contribution in [1.29, 1.82) is 0 Å². The number of nitrogens with zero attached hydrogens (tertiary/aromatic N) is 1. The Morgan fingerprint density at radius 2 is 1.81 bits per heavy atom. The molecule has 4 rings (SSSR count). The lowest BCUT2D eigenvalue weighted by atomic mass is 10.0. The molecular weight excluding hydrogens is 541 g/mol. The van der Waals surface area contributed by atoms with E-state index in [0.29, 0.717) is 10.6 Å². The van der Waals surface area contributed by atoms with E-state index < -0.39 is 56.5 Å². The number of fused-ring (bicyclic) bond motifs is 1. The Kier molecular flexibility index (Phi) is 6.71. The van der Waals surface area contributed by atoms with Gasteiger partial charge in [-0.25, -0.2) is 17.8 Å². The number of sulfone groups is 1. The minimum Gasteiger partial charge on any atom is -0.306 e.